The van der Waals surface area contributed by atoms with Gasteiger partial charge in [0.05, 0.1) is 0 Å². The van der Waals surface area contributed by atoms with Crippen molar-refractivity contribution in [3.05, 3.63) is 11.8 Å². The maximum absolute atomic E-state index is 5.16. The predicted molar refractivity (Wildman–Crippen MR) is 37.0 cm³/mol. The monoisotopic (exact) mass is 112 g/mol. The lowest BCUT2D eigenvalue weighted by atomic mass is 10.4. The van der Waals surface area contributed by atoms with Crippen LogP contribution in [0.15, 0.2) is 16.8 Å². The first-order valence-corrected chi connectivity index (χ1v) is 2.69. The van der Waals surface area contributed by atoms with Crippen molar-refractivity contribution in [1.29, 1.82) is 0 Å². The third kappa shape index (κ3) is 3.40. The van der Waals surface area contributed by atoms with Gasteiger partial charge in [0, 0.05) is 12.8 Å². The summed E-state index contributed by atoms with van der Waals surface area (Å²) in [5.41, 5.74) is 6.17. The van der Waals surface area contributed by atoms with E-state index in [0.717, 1.165) is 12.1 Å². The third-order valence-corrected chi connectivity index (χ3v) is 0.740. The molecule has 0 fully saturated rings. The minimum atomic E-state index is 0.825. The first-order chi connectivity index (χ1) is 3.81. The maximum atomic E-state index is 5.16. The second-order valence-corrected chi connectivity index (χ2v) is 1.54. The second kappa shape index (κ2) is 4.37. The van der Waals surface area contributed by atoms with E-state index in [2.05, 4.69) is 4.99 Å². The van der Waals surface area contributed by atoms with E-state index in [0.29, 0.717) is 0 Å². The molecule has 2 N–H and O–H groups in total. The summed E-state index contributed by atoms with van der Waals surface area (Å²) in [4.78, 5) is 3.97. The van der Waals surface area contributed by atoms with Gasteiger partial charge >= 0.3 is 0 Å². The Morgan fingerprint density at radius 1 is 1.75 bits per heavy atom. The molecular weight excluding hydrogens is 100 g/mol. The Morgan fingerprint density at radius 2 is 2.38 bits per heavy atom. The van der Waals surface area contributed by atoms with Crippen molar-refractivity contribution in [3.63, 3.8) is 0 Å². The first kappa shape index (κ1) is 7.21. The number of nitrogens with two attached hydrogens (primary N) is 1. The van der Waals surface area contributed by atoms with E-state index >= 15 is 0 Å². The van der Waals surface area contributed by atoms with Crippen LogP contribution in [-0.4, -0.2) is 12.8 Å². The molecule has 0 bridgehead atoms. The highest BCUT2D eigenvalue weighted by molar-refractivity contribution is 5.77. The Hall–Kier alpha value is -0.790. The van der Waals surface area contributed by atoms with Gasteiger partial charge in [0.1, 0.15) is 0 Å². The zero-order valence-electron chi connectivity index (χ0n) is 5.39. The molecule has 0 amide bonds. The molecule has 0 spiro atoms. The van der Waals surface area contributed by atoms with Gasteiger partial charge in [-0.15, -0.1) is 0 Å². The van der Waals surface area contributed by atoms with Crippen LogP contribution in [0.4, 0.5) is 0 Å². The van der Waals surface area contributed by atoms with Crippen LogP contribution in [-0.2, 0) is 0 Å². The largest absolute Gasteiger partial charge is 0.404 e. The van der Waals surface area contributed by atoms with Crippen LogP contribution in [0.1, 0.15) is 13.8 Å². The Kier molecular flexibility index (Phi) is 3.94. The highest BCUT2D eigenvalue weighted by Gasteiger charge is 1.74. The summed E-state index contributed by atoms with van der Waals surface area (Å²) in [5.74, 6) is 0. The fourth-order valence-corrected chi connectivity index (χ4v) is 0.278. The molecule has 0 heterocycles. The summed E-state index contributed by atoms with van der Waals surface area (Å²) in [7, 11) is 0. The maximum Gasteiger partial charge on any atom is 0.0361 e. The van der Waals surface area contributed by atoms with E-state index in [1.165, 1.54) is 0 Å². The van der Waals surface area contributed by atoms with Crippen LogP contribution in [0.2, 0.25) is 0 Å². The van der Waals surface area contributed by atoms with Crippen LogP contribution in [0.5, 0.6) is 0 Å². The average molecular weight is 112 g/mol. The first-order valence-electron chi connectivity index (χ1n) is 2.69. The molecule has 0 aromatic heterocycles. The Bertz CT molecular complexity index is 103. The number of aliphatic imine (C=N–C) groups is 1. The van der Waals surface area contributed by atoms with Gasteiger partial charge in [-0.1, -0.05) is 0 Å². The molecular formula is C6H12N2. The Balaban J connectivity index is 3.53. The van der Waals surface area contributed by atoms with E-state index in [-0.39, 0.29) is 0 Å². The molecule has 0 aliphatic heterocycles. The van der Waals surface area contributed by atoms with Crippen LogP contribution in [0, 0.1) is 0 Å². The number of hydrogen-bond acceptors (Lipinski definition) is 2. The van der Waals surface area contributed by atoms with Crippen molar-refractivity contribution in [2.45, 2.75) is 13.8 Å². The topological polar surface area (TPSA) is 38.4 Å². The van der Waals surface area contributed by atoms with Crippen molar-refractivity contribution < 1.29 is 0 Å². The normalized spacial score (nSPS) is 13.0. The van der Waals surface area contributed by atoms with Gasteiger partial charge in [0.15, 0.2) is 0 Å². The lowest BCUT2D eigenvalue weighted by Crippen LogP contribution is -1.85. The molecule has 0 unspecified atom stereocenters. The molecule has 0 atom stereocenters. The zero-order valence-corrected chi connectivity index (χ0v) is 5.39. The summed E-state index contributed by atoms with van der Waals surface area (Å²) in [6.07, 6.45) is 3.30. The molecule has 2 nitrogen and oxygen atoms in total. The standard InChI is InChI=1S/C6H12N2/c1-3-8-5-6(2)4-7/h4-5H,3,7H2,1-2H3. The minimum absolute atomic E-state index is 0.825. The van der Waals surface area contributed by atoms with Gasteiger partial charge in [-0.05, 0) is 25.6 Å². The predicted octanol–water partition coefficient (Wildman–Crippen LogP) is 0.940. The number of allylic oxidation sites excluding steroid dienone is 1. The van der Waals surface area contributed by atoms with Crippen LogP contribution in [0.3, 0.4) is 0 Å². The number of hydrogen-bond donors (Lipinski definition) is 1. The van der Waals surface area contributed by atoms with Gasteiger partial charge in [-0.3, -0.25) is 4.99 Å². The molecule has 0 aliphatic rings. The summed E-state index contributed by atoms with van der Waals surface area (Å²) in [5, 5.41) is 0. The molecule has 46 valence electrons. The zero-order chi connectivity index (χ0) is 6.41. The quantitative estimate of drug-likeness (QED) is 0.530. The fourth-order valence-electron chi connectivity index (χ4n) is 0.278. The summed E-state index contributed by atoms with van der Waals surface area (Å²) < 4.78 is 0. The molecule has 0 radical (unpaired) electrons. The van der Waals surface area contributed by atoms with E-state index < -0.39 is 0 Å². The van der Waals surface area contributed by atoms with E-state index in [1.54, 1.807) is 12.4 Å². The van der Waals surface area contributed by atoms with Crippen LogP contribution >= 0.6 is 0 Å². The Morgan fingerprint density at radius 3 is 2.75 bits per heavy atom. The smallest absolute Gasteiger partial charge is 0.0361 e. The molecule has 0 aromatic carbocycles. The van der Waals surface area contributed by atoms with Gasteiger partial charge in [-0.25, -0.2) is 0 Å². The lowest BCUT2D eigenvalue weighted by Gasteiger charge is -1.83. The fraction of sp³-hybridized carbons (Fsp3) is 0.500. The molecule has 0 aromatic rings. The summed E-state index contributed by atoms with van der Waals surface area (Å²) in [6.45, 7) is 4.73. The van der Waals surface area contributed by atoms with Gasteiger partial charge < -0.3 is 5.73 Å². The summed E-state index contributed by atoms with van der Waals surface area (Å²) >= 11 is 0. The average Bonchev–Trinajstić information content (AvgIpc) is 1.83. The highest BCUT2D eigenvalue weighted by Crippen LogP contribution is 1.80. The number of rotatable bonds is 2. The van der Waals surface area contributed by atoms with Crippen molar-refractivity contribution in [3.8, 4) is 0 Å². The van der Waals surface area contributed by atoms with Gasteiger partial charge in [0.25, 0.3) is 0 Å². The van der Waals surface area contributed by atoms with Crippen molar-refractivity contribution in [2.24, 2.45) is 10.7 Å². The molecule has 0 saturated heterocycles. The van der Waals surface area contributed by atoms with Gasteiger partial charge in [-0.2, -0.15) is 0 Å². The molecule has 8 heavy (non-hydrogen) atoms. The van der Waals surface area contributed by atoms with Crippen molar-refractivity contribution >= 4 is 6.21 Å². The van der Waals surface area contributed by atoms with E-state index in [9.17, 15) is 0 Å². The molecule has 0 aliphatic carbocycles. The Labute approximate surface area is 50.1 Å². The van der Waals surface area contributed by atoms with E-state index in [1.807, 2.05) is 13.8 Å². The van der Waals surface area contributed by atoms with Crippen LogP contribution < -0.4 is 5.73 Å². The minimum Gasteiger partial charge on any atom is -0.404 e. The summed E-state index contributed by atoms with van der Waals surface area (Å²) in [6, 6.07) is 0. The molecule has 2 heteroatoms. The molecule has 0 saturated carbocycles. The van der Waals surface area contributed by atoms with E-state index in [4.69, 9.17) is 5.73 Å². The van der Waals surface area contributed by atoms with Crippen molar-refractivity contribution in [1.82, 2.24) is 0 Å². The van der Waals surface area contributed by atoms with Crippen LogP contribution in [0.25, 0.3) is 0 Å². The van der Waals surface area contributed by atoms with Crippen molar-refractivity contribution in [2.75, 3.05) is 6.54 Å². The number of nitrogens with zero attached hydrogens (tertiary/aromatic N) is 1. The van der Waals surface area contributed by atoms with Gasteiger partial charge in [0.2, 0.25) is 0 Å². The molecule has 0 rings (SSSR count). The SMILES string of the molecule is CCN=CC(C)=CN. The lowest BCUT2D eigenvalue weighted by molar-refractivity contribution is 1.14. The highest BCUT2D eigenvalue weighted by atomic mass is 14.7. The second-order valence-electron chi connectivity index (χ2n) is 1.54. The third-order valence-electron chi connectivity index (χ3n) is 0.740.